The smallest absolute Gasteiger partial charge is 0.497 e. The number of benzene rings is 5. The second-order valence-corrected chi connectivity index (χ2v) is 24.7. The van der Waals surface area contributed by atoms with Crippen molar-refractivity contribution in [3.63, 3.8) is 0 Å². The molecule has 0 radical (unpaired) electrons. The molecule has 92 heavy (non-hydrogen) atoms. The van der Waals surface area contributed by atoms with Crippen LogP contribution in [0.2, 0.25) is 0 Å². The van der Waals surface area contributed by atoms with Crippen molar-refractivity contribution in [2.75, 3.05) is 10.6 Å². The Morgan fingerprint density at radius 2 is 0.793 bits per heavy atom. The average molecular weight is 1680 g/mol. The molecule has 6 N–H and O–H groups in total. The number of oxazole rings is 2. The highest BCUT2D eigenvalue weighted by Crippen LogP contribution is 2.43. The predicted octanol–water partition coefficient (Wildman–Crippen LogP) is 17.4. The standard InChI is InChI=1S/C13H15BFNO4.C12H24B2O4.C7H3BrFNO2.C6H2BrF2NO2.C6H3BrFNO3.C6H5BrFNO.CH3I.6CH4/c1-12(2)13(3,4)20-14(19-12)7-5-10-9(6-8(7)15)16-11(17)18-10;1-9(2)10(3,4)16-13(15-9)14-17-11(5,6)12(7,8)18-14;8-3-1-6-5(2-4(3)9)10-7(11)12-6;7-3-1-5(9)6(10(11)12)2-4(3)8;7-3-1-6(10)5(9(11)12)2-4(3)8;7-3-1-6(10)5(9)2-4(3)8;1-2;;;;;;/h5-6H,1-4H3,(H,16,17);1-8H3;1-2H,(H,10,11);1-2H;1-2,10H;1-2,10H,9H2;1H3;6*1H4/i;;;;;;1D;;;;;;. The van der Waals surface area contributed by atoms with Gasteiger partial charge in [-0.25, -0.2) is 31.5 Å². The SMILES string of the molecule is C.C.C.C.C.C.CC1(C)OB(B2OC(C)(C)C(C)(C)O2)OC1(C)C.CC1(C)OB(c2cc3oc(=O)[nH]c3cc2F)OC1(C)C.Nc1cc(F)c(Br)cc1O.O=[N+]([O-])c1cc(F)c(Br)cc1F.O=[N+]([O-])c1cc(F)c(Br)cc1O.O=c1[nH]c2cc(F)c(Br)cc2o1.[2H]CI. The molecule has 2 aromatic heterocycles. The molecule has 0 bridgehead atoms. The van der Waals surface area contributed by atoms with Gasteiger partial charge in [0.2, 0.25) is 5.82 Å². The van der Waals surface area contributed by atoms with Gasteiger partial charge in [0, 0.05) is 37.2 Å². The molecule has 0 saturated carbocycles. The quantitative estimate of drug-likeness (QED) is 0.0126. The first-order chi connectivity index (χ1) is 39.8. The Hall–Kier alpha value is -4.98. The minimum Gasteiger partial charge on any atom is -0.506 e. The molecule has 0 atom stereocenters. The maximum Gasteiger partial charge on any atom is 0.497 e. The van der Waals surface area contributed by atoms with E-state index in [1.54, 1.807) is 0 Å². The average Bonchev–Trinajstić information content (AvgIpc) is 1.61. The van der Waals surface area contributed by atoms with E-state index in [0.29, 0.717) is 39.7 Å². The molecule has 3 aliphatic rings. The van der Waals surface area contributed by atoms with Crippen LogP contribution < -0.4 is 22.7 Å². The first-order valence-corrected chi connectivity index (χ1v) is 29.3. The first-order valence-electron chi connectivity index (χ1n) is 25.3. The van der Waals surface area contributed by atoms with Crippen LogP contribution >= 0.6 is 86.3 Å². The molecule has 3 aliphatic heterocycles. The summed E-state index contributed by atoms with van der Waals surface area (Å²) in [4.78, 5) is 45.4. The number of aromatic hydroxyl groups is 2. The van der Waals surface area contributed by atoms with Gasteiger partial charge in [-0.15, -0.1) is 0 Å². The van der Waals surface area contributed by atoms with Gasteiger partial charge in [0.25, 0.3) is 0 Å². The lowest BCUT2D eigenvalue weighted by molar-refractivity contribution is -0.387. The second kappa shape index (κ2) is 35.7. The Labute approximate surface area is 580 Å². The summed E-state index contributed by atoms with van der Waals surface area (Å²) in [5.74, 6) is -5.99. The molecular weight excluding hydrogens is 1600 g/mol. The molecule has 0 aliphatic carbocycles. The van der Waals surface area contributed by atoms with Crippen molar-refractivity contribution in [2.45, 2.75) is 161 Å². The number of fused-ring (bicyclic) bond motifs is 2. The third-order valence-electron chi connectivity index (χ3n) is 13.7. The third kappa shape index (κ3) is 22.3. The molecule has 0 amide bonds. The van der Waals surface area contributed by atoms with Gasteiger partial charge in [-0.1, -0.05) is 67.2 Å². The number of halogens is 11. The zero-order chi connectivity index (χ0) is 66.4. The highest BCUT2D eigenvalue weighted by atomic mass is 127. The van der Waals surface area contributed by atoms with E-state index in [2.05, 4.69) is 73.7 Å². The number of nitrogens with zero attached hydrogens (tertiary/aromatic N) is 2. The number of nitro benzene ring substituents is 2. The molecule has 0 spiro atoms. The fraction of sp³-hybridized carbons (Fsp3) is 0.439. The molecular formula is C57H79B3Br4F6IN5O16. The highest BCUT2D eigenvalue weighted by molar-refractivity contribution is 14.1. The van der Waals surface area contributed by atoms with E-state index < -0.39 is 106 Å². The van der Waals surface area contributed by atoms with Gasteiger partial charge < -0.3 is 52.7 Å². The van der Waals surface area contributed by atoms with E-state index >= 15 is 0 Å². The van der Waals surface area contributed by atoms with Crippen molar-refractivity contribution in [3.8, 4) is 11.5 Å². The first kappa shape index (κ1) is 89.1. The number of anilines is 1. The van der Waals surface area contributed by atoms with Gasteiger partial charge in [-0.05, 0) is 170 Å². The molecule has 3 saturated heterocycles. The number of rotatable bonds is 4. The Kier molecular flexibility index (Phi) is 34.5. The summed E-state index contributed by atoms with van der Waals surface area (Å²) in [5, 5.41) is 38.1. The molecule has 21 nitrogen and oxygen atoms in total. The molecule has 514 valence electrons. The number of nitro groups is 2. The van der Waals surface area contributed by atoms with E-state index in [1.807, 2.05) is 106 Å². The lowest BCUT2D eigenvalue weighted by atomic mass is 9.49. The fourth-order valence-electron chi connectivity index (χ4n) is 6.96. The predicted molar refractivity (Wildman–Crippen MR) is 373 cm³/mol. The third-order valence-corrected chi connectivity index (χ3v) is 16.2. The Morgan fingerprint density at radius 3 is 1.17 bits per heavy atom. The van der Waals surface area contributed by atoms with Crippen LogP contribution in [-0.4, -0.2) is 89.7 Å². The largest absolute Gasteiger partial charge is 0.506 e. The number of nitrogens with two attached hydrogens (primary N) is 1. The normalized spacial score (nSPS) is 16.0. The number of hydrogen-bond acceptors (Lipinski definition) is 17. The van der Waals surface area contributed by atoms with E-state index in [1.165, 1.54) is 30.3 Å². The molecule has 7 aromatic rings. The number of phenolic OH excluding ortho intramolecular Hbond substituents is 2. The summed E-state index contributed by atoms with van der Waals surface area (Å²) >= 11 is 13.3. The molecule has 5 aromatic carbocycles. The van der Waals surface area contributed by atoms with Gasteiger partial charge in [0.15, 0.2) is 16.9 Å². The van der Waals surface area contributed by atoms with Crippen molar-refractivity contribution in [1.82, 2.24) is 9.97 Å². The van der Waals surface area contributed by atoms with Gasteiger partial charge in [0.05, 0.1) is 90.2 Å². The van der Waals surface area contributed by atoms with Crippen molar-refractivity contribution >= 4 is 152 Å². The van der Waals surface area contributed by atoms with Crippen molar-refractivity contribution in [2.24, 2.45) is 0 Å². The summed E-state index contributed by atoms with van der Waals surface area (Å²) in [6, 6.07) is 10.3. The molecule has 35 heteroatoms. The van der Waals surface area contributed by atoms with Crippen LogP contribution in [0.25, 0.3) is 22.2 Å². The summed E-state index contributed by atoms with van der Waals surface area (Å²) in [5.41, 5.74) is 2.67. The maximum absolute atomic E-state index is 14.2. The number of alkyl halides is 1. The maximum atomic E-state index is 14.2. The van der Waals surface area contributed by atoms with Crippen LogP contribution in [0, 0.1) is 55.1 Å². The minimum absolute atomic E-state index is 0. The molecule has 10 rings (SSSR count). The second-order valence-electron chi connectivity index (χ2n) is 21.3. The number of nitrogen functional groups attached to an aromatic ring is 1. The van der Waals surface area contributed by atoms with E-state index in [9.17, 15) is 56.2 Å². The van der Waals surface area contributed by atoms with Gasteiger partial charge >= 0.3 is 44.0 Å². The summed E-state index contributed by atoms with van der Waals surface area (Å²) in [6.07, 6.45) is 0. The van der Waals surface area contributed by atoms with Gasteiger partial charge in [-0.2, -0.15) is 4.39 Å². The number of phenols is 2. The topological polar surface area (TPSA) is 300 Å². The van der Waals surface area contributed by atoms with Crippen LogP contribution in [0.5, 0.6) is 11.5 Å². The summed E-state index contributed by atoms with van der Waals surface area (Å²) < 4.78 is 129. The Morgan fingerprint density at radius 1 is 0.489 bits per heavy atom. The van der Waals surface area contributed by atoms with E-state index in [-0.39, 0.29) is 107 Å². The van der Waals surface area contributed by atoms with Crippen LogP contribution in [0.3, 0.4) is 0 Å². The van der Waals surface area contributed by atoms with Gasteiger partial charge in [-0.3, -0.25) is 30.2 Å². The van der Waals surface area contributed by atoms with Crippen LogP contribution in [0.4, 0.5) is 43.4 Å². The molecule has 3 fully saturated rings. The van der Waals surface area contributed by atoms with E-state index in [0.717, 1.165) is 12.1 Å². The lowest BCUT2D eigenvalue weighted by Crippen LogP contribution is -2.41. The van der Waals surface area contributed by atoms with Gasteiger partial charge in [0.1, 0.15) is 34.8 Å². The van der Waals surface area contributed by atoms with Crippen molar-refractivity contribution < 1.29 is 84.5 Å². The highest BCUT2D eigenvalue weighted by Gasteiger charge is 2.64. The number of aromatic amines is 2. The zero-order valence-corrected chi connectivity index (χ0v) is 56.0. The van der Waals surface area contributed by atoms with Crippen LogP contribution in [0.1, 0.15) is 129 Å². The van der Waals surface area contributed by atoms with Crippen molar-refractivity contribution in [1.29, 1.82) is 0 Å². The lowest BCUT2D eigenvalue weighted by Gasteiger charge is -2.32. The van der Waals surface area contributed by atoms with Crippen LogP contribution in [0.15, 0.2) is 97.0 Å². The number of H-pyrrole nitrogens is 2. The van der Waals surface area contributed by atoms with Crippen LogP contribution in [-0.2, 0) is 27.9 Å². The monoisotopic (exact) mass is 1680 g/mol. The number of hydrogen-bond donors (Lipinski definition) is 5. The molecule has 0 unspecified atom stereocenters. The molecule has 5 heterocycles. The Balaban J connectivity index is -0.00000104. The zero-order valence-electron chi connectivity index (χ0n) is 48.5. The van der Waals surface area contributed by atoms with E-state index in [4.69, 9.17) is 54.1 Å². The summed E-state index contributed by atoms with van der Waals surface area (Å²) in [6.45, 7) is 23.8. The van der Waals surface area contributed by atoms with Crippen molar-refractivity contribution in [3.05, 3.63) is 155 Å². The fourth-order valence-corrected chi connectivity index (χ4v) is 8.26. The number of aromatic nitrogens is 2. The Bertz CT molecular complexity index is 3540. The summed E-state index contributed by atoms with van der Waals surface area (Å²) in [7, 11) is -1.78. The number of nitrogens with one attached hydrogen (secondary N) is 2. The minimum atomic E-state index is -1.06.